The van der Waals surface area contributed by atoms with Crippen LogP contribution >= 0.6 is 0 Å². The van der Waals surface area contributed by atoms with Gasteiger partial charge in [-0.2, -0.15) is 0 Å². The number of nitrogens with zero attached hydrogens (tertiary/aromatic N) is 2. The minimum absolute atomic E-state index is 0. The average Bonchev–Trinajstić information content (AvgIpc) is 2.65. The standard InChI is InChI=1S/C25H51N2O.BrH/c1-6-8-9-10-11-12-13-14-15-16-17-18-19-21-25(28)26(3)22-20-24-27(4,5)23-7-2;/h7H,2,6,8-24H2,1,3-5H3;1H/q+1;/p-1. The molecule has 0 atom stereocenters. The number of carbonyl (C=O) groups is 1. The molecule has 4 heteroatoms. The maximum Gasteiger partial charge on any atom is 0.222 e. The van der Waals surface area contributed by atoms with Gasteiger partial charge in [-0.05, 0) is 12.5 Å². The predicted octanol–water partition coefficient (Wildman–Crippen LogP) is 3.58. The van der Waals surface area contributed by atoms with Crippen LogP contribution in [-0.2, 0) is 4.79 Å². The van der Waals surface area contributed by atoms with Gasteiger partial charge in [-0.15, -0.1) is 0 Å². The van der Waals surface area contributed by atoms with Crippen molar-refractivity contribution in [1.82, 2.24) is 4.90 Å². The number of hydrogen-bond donors (Lipinski definition) is 0. The monoisotopic (exact) mass is 474 g/mol. The van der Waals surface area contributed by atoms with Crippen LogP contribution in [0, 0.1) is 0 Å². The van der Waals surface area contributed by atoms with Crippen molar-refractivity contribution in [1.29, 1.82) is 0 Å². The first kappa shape index (κ1) is 30.8. The lowest BCUT2D eigenvalue weighted by molar-refractivity contribution is -0.884. The number of hydrogen-bond acceptors (Lipinski definition) is 1. The van der Waals surface area contributed by atoms with E-state index in [1.165, 1.54) is 77.0 Å². The van der Waals surface area contributed by atoms with Crippen LogP contribution in [0.25, 0.3) is 0 Å². The van der Waals surface area contributed by atoms with Gasteiger partial charge >= 0.3 is 0 Å². The molecule has 0 radical (unpaired) electrons. The topological polar surface area (TPSA) is 20.3 Å². The summed E-state index contributed by atoms with van der Waals surface area (Å²) in [6, 6.07) is 0. The van der Waals surface area contributed by atoms with Crippen LogP contribution in [0.1, 0.15) is 103 Å². The van der Waals surface area contributed by atoms with Crippen LogP contribution in [-0.4, -0.2) is 56.1 Å². The minimum atomic E-state index is 0. The molecule has 174 valence electrons. The first-order chi connectivity index (χ1) is 13.4. The second-order valence-electron chi connectivity index (χ2n) is 9.29. The second kappa shape index (κ2) is 20.9. The number of unbranched alkanes of at least 4 members (excludes halogenated alkanes) is 12. The van der Waals surface area contributed by atoms with Crippen molar-refractivity contribution in [2.45, 2.75) is 103 Å². The van der Waals surface area contributed by atoms with Gasteiger partial charge in [-0.3, -0.25) is 4.79 Å². The molecule has 29 heavy (non-hydrogen) atoms. The molecule has 0 bridgehead atoms. The van der Waals surface area contributed by atoms with E-state index in [9.17, 15) is 4.79 Å². The van der Waals surface area contributed by atoms with E-state index in [1.807, 2.05) is 18.0 Å². The van der Waals surface area contributed by atoms with E-state index in [2.05, 4.69) is 27.6 Å². The quantitative estimate of drug-likeness (QED) is 0.150. The highest BCUT2D eigenvalue weighted by Crippen LogP contribution is 2.13. The summed E-state index contributed by atoms with van der Waals surface area (Å²) in [5, 5.41) is 0. The number of halogens is 1. The van der Waals surface area contributed by atoms with Crippen molar-refractivity contribution in [3.8, 4) is 0 Å². The zero-order valence-corrected chi connectivity index (χ0v) is 21.8. The third-order valence-electron chi connectivity index (χ3n) is 5.80. The lowest BCUT2D eigenvalue weighted by Gasteiger charge is -2.29. The molecule has 1 amide bonds. The van der Waals surface area contributed by atoms with E-state index in [0.717, 1.165) is 43.4 Å². The van der Waals surface area contributed by atoms with Gasteiger partial charge in [-0.25, -0.2) is 0 Å². The number of quaternary nitrogens is 1. The molecule has 0 unspecified atom stereocenters. The molecule has 0 spiro atoms. The summed E-state index contributed by atoms with van der Waals surface area (Å²) < 4.78 is 0.949. The lowest BCUT2D eigenvalue weighted by Crippen LogP contribution is -3.00. The van der Waals surface area contributed by atoms with E-state index in [0.29, 0.717) is 5.91 Å². The molecule has 0 N–H and O–H groups in total. The maximum absolute atomic E-state index is 12.2. The van der Waals surface area contributed by atoms with Crippen molar-refractivity contribution in [3.63, 3.8) is 0 Å². The summed E-state index contributed by atoms with van der Waals surface area (Å²) in [6.07, 6.45) is 21.3. The molecule has 0 fully saturated rings. The van der Waals surface area contributed by atoms with Crippen molar-refractivity contribution in [2.24, 2.45) is 0 Å². The van der Waals surface area contributed by atoms with E-state index < -0.39 is 0 Å². The average molecular weight is 476 g/mol. The first-order valence-electron chi connectivity index (χ1n) is 12.1. The smallest absolute Gasteiger partial charge is 0.222 e. The fourth-order valence-corrected chi connectivity index (χ4v) is 3.79. The van der Waals surface area contributed by atoms with Crippen molar-refractivity contribution in [2.75, 3.05) is 40.8 Å². The van der Waals surface area contributed by atoms with Gasteiger partial charge in [0.1, 0.15) is 0 Å². The van der Waals surface area contributed by atoms with Gasteiger partial charge in [0, 0.05) is 26.4 Å². The van der Waals surface area contributed by atoms with Crippen LogP contribution in [0.15, 0.2) is 12.7 Å². The summed E-state index contributed by atoms with van der Waals surface area (Å²) in [4.78, 5) is 14.2. The molecule has 0 aliphatic rings. The SMILES string of the molecule is C=CC[N+](C)(C)CCCN(C)C(=O)CCCCCCCCCCCCCCC.[Br-]. The molecule has 0 saturated carbocycles. The normalized spacial score (nSPS) is 11.2. The molecule has 0 heterocycles. The molecular formula is C25H51BrN2O. The molecular weight excluding hydrogens is 424 g/mol. The van der Waals surface area contributed by atoms with Crippen molar-refractivity contribution < 1.29 is 26.3 Å². The molecule has 0 saturated heterocycles. The summed E-state index contributed by atoms with van der Waals surface area (Å²) in [6.45, 7) is 9.04. The molecule has 0 aromatic rings. The van der Waals surface area contributed by atoms with Gasteiger partial charge in [0.05, 0.1) is 27.2 Å². The Morgan fingerprint density at radius 3 is 1.72 bits per heavy atom. The number of likely N-dealkylation sites (N-methyl/N-ethyl adjacent to an activating group) is 1. The Bertz CT molecular complexity index is 385. The Hall–Kier alpha value is -0.350. The van der Waals surface area contributed by atoms with Gasteiger partial charge in [0.2, 0.25) is 5.91 Å². The highest BCUT2D eigenvalue weighted by Gasteiger charge is 2.14. The Morgan fingerprint density at radius 2 is 1.28 bits per heavy atom. The zero-order valence-electron chi connectivity index (χ0n) is 20.2. The zero-order chi connectivity index (χ0) is 21.1. The van der Waals surface area contributed by atoms with Gasteiger partial charge in [-0.1, -0.05) is 90.6 Å². The fourth-order valence-electron chi connectivity index (χ4n) is 3.79. The second-order valence-corrected chi connectivity index (χ2v) is 9.29. The first-order valence-corrected chi connectivity index (χ1v) is 12.1. The number of rotatable bonds is 20. The van der Waals surface area contributed by atoms with Crippen LogP contribution in [0.4, 0.5) is 0 Å². The third kappa shape index (κ3) is 20.7. The number of carbonyl (C=O) groups excluding carboxylic acids is 1. The number of amides is 1. The Morgan fingerprint density at radius 1 is 0.828 bits per heavy atom. The fraction of sp³-hybridized carbons (Fsp3) is 0.880. The minimum Gasteiger partial charge on any atom is -1.00 e. The van der Waals surface area contributed by atoms with Gasteiger partial charge in [0.15, 0.2) is 0 Å². The summed E-state index contributed by atoms with van der Waals surface area (Å²) in [5.41, 5.74) is 0. The summed E-state index contributed by atoms with van der Waals surface area (Å²) in [5.74, 6) is 0.317. The molecule has 0 aliphatic heterocycles. The van der Waals surface area contributed by atoms with Crippen LogP contribution in [0.3, 0.4) is 0 Å². The molecule has 3 nitrogen and oxygen atoms in total. The summed E-state index contributed by atoms with van der Waals surface area (Å²) >= 11 is 0. The molecule has 0 aliphatic carbocycles. The molecule has 0 aromatic carbocycles. The Labute approximate surface area is 193 Å². The Balaban J connectivity index is 0. The maximum atomic E-state index is 12.2. The predicted molar refractivity (Wildman–Crippen MR) is 125 cm³/mol. The van der Waals surface area contributed by atoms with E-state index in [1.54, 1.807) is 0 Å². The highest BCUT2D eigenvalue weighted by atomic mass is 79.9. The van der Waals surface area contributed by atoms with Crippen molar-refractivity contribution in [3.05, 3.63) is 12.7 Å². The van der Waals surface area contributed by atoms with Crippen molar-refractivity contribution >= 4 is 5.91 Å². The molecule has 0 aromatic heterocycles. The van der Waals surface area contributed by atoms with Crippen LogP contribution in [0.5, 0.6) is 0 Å². The van der Waals surface area contributed by atoms with Crippen LogP contribution < -0.4 is 17.0 Å². The third-order valence-corrected chi connectivity index (χ3v) is 5.80. The van der Waals surface area contributed by atoms with Gasteiger partial charge < -0.3 is 26.4 Å². The van der Waals surface area contributed by atoms with E-state index in [4.69, 9.17) is 0 Å². The lowest BCUT2D eigenvalue weighted by atomic mass is 10.0. The Kier molecular flexibility index (Phi) is 22.2. The van der Waals surface area contributed by atoms with Gasteiger partial charge in [0.25, 0.3) is 0 Å². The highest BCUT2D eigenvalue weighted by molar-refractivity contribution is 5.75. The largest absolute Gasteiger partial charge is 1.00 e. The van der Waals surface area contributed by atoms with Crippen LogP contribution in [0.2, 0.25) is 0 Å². The van der Waals surface area contributed by atoms with E-state index >= 15 is 0 Å². The molecule has 0 rings (SSSR count). The summed E-state index contributed by atoms with van der Waals surface area (Å²) in [7, 11) is 6.40. The van der Waals surface area contributed by atoms with E-state index in [-0.39, 0.29) is 17.0 Å².